The second kappa shape index (κ2) is 48.7. The van der Waals surface area contributed by atoms with Crippen molar-refractivity contribution in [1.29, 1.82) is 0 Å². The Balaban J connectivity index is 0.000000594. The quantitative estimate of drug-likeness (QED) is 0.00807. The van der Waals surface area contributed by atoms with Gasteiger partial charge in [0.15, 0.2) is 11.2 Å². The van der Waals surface area contributed by atoms with Gasteiger partial charge in [0.05, 0.1) is 82.5 Å². The normalized spacial score (nSPS) is 24.5. The van der Waals surface area contributed by atoms with Crippen molar-refractivity contribution in [2.45, 2.75) is 234 Å². The minimum Gasteiger partial charge on any atom is -0.805 e. The lowest BCUT2D eigenvalue weighted by atomic mass is 9.73. The molecule has 2 aliphatic heterocycles. The highest BCUT2D eigenvalue weighted by Crippen LogP contribution is 2.74. The fourth-order valence-electron chi connectivity index (χ4n) is 14.4. The van der Waals surface area contributed by atoms with Crippen molar-refractivity contribution >= 4 is 134 Å². The Hall–Kier alpha value is -1.29. The minimum absolute atomic E-state index is 0.00288. The van der Waals surface area contributed by atoms with Gasteiger partial charge >= 0.3 is 0 Å². The summed E-state index contributed by atoms with van der Waals surface area (Å²) in [6.07, 6.45) is 39.8. The van der Waals surface area contributed by atoms with Crippen LogP contribution in [0.25, 0.3) is 0 Å². The number of rotatable bonds is 38. The van der Waals surface area contributed by atoms with Crippen LogP contribution >= 0.6 is 80.0 Å². The second-order valence-corrected chi connectivity index (χ2v) is 47.6. The van der Waals surface area contributed by atoms with Gasteiger partial charge in [-0.2, -0.15) is 20.5 Å². The number of aliphatic hydroxyl groups is 2. The zero-order chi connectivity index (χ0) is 76.3. The van der Waals surface area contributed by atoms with Crippen molar-refractivity contribution < 1.29 is 99.6 Å². The Kier molecular flexibility index (Phi) is 42.9. The summed E-state index contributed by atoms with van der Waals surface area (Å²) in [6, 6.07) is 6.11. The Bertz CT molecular complexity index is 2990. The van der Waals surface area contributed by atoms with Crippen molar-refractivity contribution in [2.24, 2.45) is 29.6 Å². The molecular formula is C71H117F2N4O19P6S3-3. The van der Waals surface area contributed by atoms with Crippen molar-refractivity contribution in [3.05, 3.63) is 29.8 Å². The van der Waals surface area contributed by atoms with E-state index in [2.05, 4.69) is 74.2 Å². The van der Waals surface area contributed by atoms with E-state index in [1.807, 2.05) is 0 Å². The van der Waals surface area contributed by atoms with Crippen LogP contribution in [0.1, 0.15) is 197 Å². The van der Waals surface area contributed by atoms with E-state index in [-0.39, 0.29) is 113 Å². The summed E-state index contributed by atoms with van der Waals surface area (Å²) >= 11 is 1.16. The Labute approximate surface area is 638 Å². The van der Waals surface area contributed by atoms with Gasteiger partial charge in [-0.15, -0.1) is 0 Å². The Morgan fingerprint density at radius 2 is 1.17 bits per heavy atom. The summed E-state index contributed by atoms with van der Waals surface area (Å²) in [6.45, 7) is -2.49. The first-order valence-corrected chi connectivity index (χ1v) is 51.5. The number of thioether (sulfide) groups is 1. The van der Waals surface area contributed by atoms with Crippen molar-refractivity contribution in [2.75, 3.05) is 88.1 Å². The SMILES string of the molecule is C1CCC(C2CCCCC2)CC1.C1CCC(C2CCCCC2)CC1.C=P([O-])(O)OP(=C)([O-])C(F)(F)P(=C)([O-])OC[C@H]1O[C@@H](CSCC(=O)c2ccc(NC(=O)COCCOCCOCCNC(=O)C(NC(=O)C3CCCCC3)SSCCC(=O)NCC#CC[C@H]3CC(O)[C@@H](CP(=O)(P)P)O3)cc2)CC1O. The molecule has 7 fully saturated rings. The van der Waals surface area contributed by atoms with Gasteiger partial charge in [-0.1, -0.05) is 218 Å². The molecule has 5 aliphatic carbocycles. The van der Waals surface area contributed by atoms with Gasteiger partial charge in [0.1, 0.15) is 19.2 Å². The van der Waals surface area contributed by atoms with Crippen LogP contribution in [0.4, 0.5) is 14.5 Å². The van der Waals surface area contributed by atoms with Crippen molar-refractivity contribution in [3.8, 4) is 11.8 Å². The topological polar surface area (TPSA) is 345 Å². The number of halogens is 2. The zero-order valence-corrected chi connectivity index (χ0v) is 69.2. The maximum Gasteiger partial charge on any atom is 0.298 e. The number of alkyl halides is 2. The number of hydrogen-bond donors (Lipinski definition) is 7. The first kappa shape index (κ1) is 92.6. The van der Waals surface area contributed by atoms with Gasteiger partial charge in [-0.3, -0.25) is 24.0 Å². The van der Waals surface area contributed by atoms with Crippen LogP contribution in [0.2, 0.25) is 0 Å². The molecule has 23 nitrogen and oxygen atoms in total. The molecule has 8 unspecified atom stereocenters. The maximum atomic E-state index is 14.7. The van der Waals surface area contributed by atoms with Gasteiger partial charge in [0, 0.05) is 89.3 Å². The molecule has 4 amide bonds. The predicted molar refractivity (Wildman–Crippen MR) is 424 cm³/mol. The smallest absolute Gasteiger partial charge is 0.298 e. The van der Waals surface area contributed by atoms with Gasteiger partial charge in [0.2, 0.25) is 17.7 Å². The maximum absolute atomic E-state index is 14.7. The summed E-state index contributed by atoms with van der Waals surface area (Å²) in [5.41, 5.74) is 0.751. The monoisotopic (exact) mass is 1650 g/mol. The van der Waals surface area contributed by atoms with E-state index in [4.69, 9.17) is 33.1 Å². The molecule has 2 saturated heterocycles. The molecule has 34 heteroatoms. The number of aliphatic hydroxyl groups excluding tert-OH is 2. The van der Waals surface area contributed by atoms with Crippen LogP contribution in [0.5, 0.6) is 0 Å². The molecule has 105 heavy (non-hydrogen) atoms. The third kappa shape index (κ3) is 35.7. The molecule has 0 radical (unpaired) electrons. The molecule has 600 valence electrons. The lowest BCUT2D eigenvalue weighted by Gasteiger charge is -2.50. The number of ketones is 1. The van der Waals surface area contributed by atoms with E-state index in [1.165, 1.54) is 112 Å². The van der Waals surface area contributed by atoms with Crippen LogP contribution in [0, 0.1) is 41.4 Å². The van der Waals surface area contributed by atoms with Gasteiger partial charge in [-0.25, -0.2) is 0 Å². The molecule has 0 bridgehead atoms. The largest absolute Gasteiger partial charge is 0.805 e. The molecule has 0 spiro atoms. The number of carbonyl (C=O) groups excluding carboxylic acids is 5. The van der Waals surface area contributed by atoms with Crippen LogP contribution in [0.3, 0.4) is 0 Å². The van der Waals surface area contributed by atoms with Crippen LogP contribution in [-0.2, 0) is 56.3 Å². The van der Waals surface area contributed by atoms with Gasteiger partial charge < -0.3 is 88.1 Å². The van der Waals surface area contributed by atoms with E-state index in [1.54, 1.807) is 51.4 Å². The average Bonchev–Trinajstić information content (AvgIpc) is 1.30. The summed E-state index contributed by atoms with van der Waals surface area (Å²) in [5, 5.41) is 25.9. The first-order valence-electron chi connectivity index (χ1n) is 37.4. The minimum atomic E-state index is -5.62. The van der Waals surface area contributed by atoms with E-state index in [9.17, 15) is 62.2 Å². The fourth-order valence-corrected chi connectivity index (χ4v) is 24.6. The highest BCUT2D eigenvalue weighted by Gasteiger charge is 2.46. The summed E-state index contributed by atoms with van der Waals surface area (Å²) in [5.74, 6) is 9.28. The molecule has 0 aromatic heterocycles. The van der Waals surface area contributed by atoms with Crippen LogP contribution in [0.15, 0.2) is 24.3 Å². The lowest BCUT2D eigenvalue weighted by Crippen LogP contribution is -2.47. The number of nitrogens with one attached hydrogen (secondary N) is 4. The number of amides is 4. The first-order chi connectivity index (χ1) is 50.0. The van der Waals surface area contributed by atoms with Gasteiger partial charge in [0.25, 0.3) is 11.3 Å². The highest BCUT2D eigenvalue weighted by atomic mass is 33.1. The molecule has 12 atom stereocenters. The van der Waals surface area contributed by atoms with E-state index in [0.717, 1.165) is 78.3 Å². The molecule has 8 rings (SSSR count). The number of carbonyl (C=O) groups is 5. The van der Waals surface area contributed by atoms with Gasteiger partial charge in [-0.05, 0) is 60.8 Å². The number of benzene rings is 1. The molecule has 7 N–H and O–H groups in total. The standard InChI is InChI=1S/C47H73F2N4O19P6S3.2C12H22/c1-75(61,47(48,49)76(2,62)72-77(3,63)64)69-27-40-37(54)26-36(71-40)30-79-31-39(56)32-12-14-34(15-13-32)52-43(58)28-68-23-22-67-21-20-66-19-18-51-45(60)46(53-44(59)33-9-5-4-6-10-33)81-80-24-16-42(57)50-17-8-7-11-35-25-38(55)41(70-35)29-78(65,73)74;2*1-3-7-11(8-4-1)12-9-5-2-6-10-12/h12-15,33,35-38,40-41,46,54-55H,1-6,9-11,16-31,73-74H2,(H5-3,50,51,52,53,56,57,58,59,60,61,62,63,64);2*11-12H,1-10H2/q-3;;/t35-,36+,37?,38?,40+,41+,46?,75?,76?;;/m0../s1. The highest BCUT2D eigenvalue weighted by molar-refractivity contribution is 8.77. The fraction of sp³-hybridized carbons (Fsp3) is 0.775. The molecule has 1 aromatic rings. The third-order valence-electron chi connectivity index (χ3n) is 20.0. The van der Waals surface area contributed by atoms with E-state index >= 15 is 0 Å². The summed E-state index contributed by atoms with van der Waals surface area (Å²) in [4.78, 5) is 109. The van der Waals surface area contributed by atoms with E-state index in [0.29, 0.717) is 29.8 Å². The average molecular weight is 1650 g/mol. The zero-order valence-electron chi connectivity index (χ0n) is 60.9. The Morgan fingerprint density at radius 1 is 0.667 bits per heavy atom. The number of hydrogen-bond acceptors (Lipinski definition) is 22. The molecule has 2 heterocycles. The number of anilines is 1. The second-order valence-electron chi connectivity index (χ2n) is 28.6. The summed E-state index contributed by atoms with van der Waals surface area (Å²) < 4.78 is 78.0. The molecular weight excluding hydrogens is 1530 g/mol. The Morgan fingerprint density at radius 3 is 1.71 bits per heavy atom. The summed E-state index contributed by atoms with van der Waals surface area (Å²) in [7, 11) is -8.99. The van der Waals surface area contributed by atoms with Crippen molar-refractivity contribution in [3.63, 3.8) is 0 Å². The predicted octanol–water partition coefficient (Wildman–Crippen LogP) is 10.7. The third-order valence-corrected chi connectivity index (χ3v) is 31.9. The number of Topliss-reactive ketones (excluding diaryl/α,β-unsaturated/α-hetero) is 1. The van der Waals surface area contributed by atoms with Crippen LogP contribution < -0.4 is 35.9 Å². The number of ether oxygens (including phenoxy) is 5. The van der Waals surface area contributed by atoms with E-state index < -0.39 is 88.5 Å². The molecule has 5 saturated carbocycles. The molecule has 7 aliphatic rings. The van der Waals surface area contributed by atoms with Crippen molar-refractivity contribution in [1.82, 2.24) is 16.0 Å². The molecule has 1 aromatic carbocycles. The lowest BCUT2D eigenvalue weighted by molar-refractivity contribution is -0.225. The van der Waals surface area contributed by atoms with Crippen LogP contribution in [-0.4, -0.2) is 194 Å².